The highest BCUT2D eigenvalue weighted by atomic mass is 32.2. The molecule has 9 nitrogen and oxygen atoms in total. The molecule has 34 heavy (non-hydrogen) atoms. The van der Waals surface area contributed by atoms with E-state index in [9.17, 15) is 23.1 Å². The predicted octanol–water partition coefficient (Wildman–Crippen LogP) is 1.86. The third-order valence-electron chi connectivity index (χ3n) is 5.19. The van der Waals surface area contributed by atoms with Crippen LogP contribution in [0.15, 0.2) is 48.5 Å². The normalized spacial score (nSPS) is 12.6. The Morgan fingerprint density at radius 1 is 1.12 bits per heavy atom. The van der Waals surface area contributed by atoms with Gasteiger partial charge in [0, 0.05) is 23.2 Å². The largest absolute Gasteiger partial charge is 0.483 e. The predicted molar refractivity (Wildman–Crippen MR) is 129 cm³/mol. The molecule has 2 amide bonds. The van der Waals surface area contributed by atoms with E-state index in [4.69, 9.17) is 10.5 Å². The van der Waals surface area contributed by atoms with E-state index in [-0.39, 0.29) is 11.7 Å². The van der Waals surface area contributed by atoms with Gasteiger partial charge in [0.2, 0.25) is 10.0 Å². The number of carbonyl (C=O) groups is 2. The van der Waals surface area contributed by atoms with Crippen molar-refractivity contribution in [3.05, 3.63) is 65.4 Å². The molecule has 0 spiro atoms. The zero-order valence-corrected chi connectivity index (χ0v) is 20.1. The van der Waals surface area contributed by atoms with Gasteiger partial charge in [0.15, 0.2) is 12.7 Å². The third kappa shape index (κ3) is 5.95. The van der Waals surface area contributed by atoms with Gasteiger partial charge in [0.05, 0.1) is 11.8 Å². The van der Waals surface area contributed by atoms with E-state index >= 15 is 0 Å². The molecule has 0 saturated heterocycles. The molecule has 0 saturated carbocycles. The number of rotatable bonds is 10. The van der Waals surface area contributed by atoms with Crippen molar-refractivity contribution >= 4 is 32.7 Å². The number of nitrogens with zero attached hydrogens (tertiary/aromatic N) is 1. The van der Waals surface area contributed by atoms with Crippen LogP contribution >= 0.6 is 0 Å². The number of hydrogen-bond donors (Lipinski definition) is 3. The average Bonchev–Trinajstić information content (AvgIpc) is 3.04. The highest BCUT2D eigenvalue weighted by Crippen LogP contribution is 2.39. The number of nitrogens with two attached hydrogens (primary N) is 1. The molecule has 4 N–H and O–H groups in total. The topological polar surface area (TPSA) is 141 Å². The smallest absolute Gasteiger partial charge is 0.271 e. The SMILES string of the molecule is CC(C)Cc1c(C(O)C(N)=O)c2c(OCC(=O)NS(C)(=O)=O)cccc2n1Cc1ccccc1. The summed E-state index contributed by atoms with van der Waals surface area (Å²) in [5.74, 6) is -1.33. The maximum atomic E-state index is 12.1. The van der Waals surface area contributed by atoms with Crippen molar-refractivity contribution < 1.29 is 27.9 Å². The van der Waals surface area contributed by atoms with Crippen molar-refractivity contribution in [1.29, 1.82) is 0 Å². The van der Waals surface area contributed by atoms with Crippen LogP contribution in [0, 0.1) is 5.92 Å². The molecule has 0 aliphatic carbocycles. The second-order valence-electron chi connectivity index (χ2n) is 8.57. The Morgan fingerprint density at radius 3 is 2.38 bits per heavy atom. The first-order chi connectivity index (χ1) is 16.0. The number of benzene rings is 2. The second kappa shape index (κ2) is 10.3. The van der Waals surface area contributed by atoms with Crippen LogP contribution in [0.2, 0.25) is 0 Å². The number of nitrogens with one attached hydrogen (secondary N) is 1. The van der Waals surface area contributed by atoms with Crippen LogP contribution in [-0.4, -0.2) is 42.8 Å². The van der Waals surface area contributed by atoms with Gasteiger partial charge in [-0.2, -0.15) is 0 Å². The molecular weight excluding hydrogens is 458 g/mol. The van der Waals surface area contributed by atoms with Gasteiger partial charge in [-0.25, -0.2) is 8.42 Å². The summed E-state index contributed by atoms with van der Waals surface area (Å²) in [6, 6.07) is 14.9. The van der Waals surface area contributed by atoms with Gasteiger partial charge >= 0.3 is 0 Å². The van der Waals surface area contributed by atoms with Gasteiger partial charge in [-0.05, 0) is 30.0 Å². The molecule has 1 aromatic heterocycles. The van der Waals surface area contributed by atoms with Gasteiger partial charge < -0.3 is 20.1 Å². The molecule has 0 fully saturated rings. The minimum atomic E-state index is -3.74. The number of sulfonamides is 1. The van der Waals surface area contributed by atoms with Gasteiger partial charge in [0.25, 0.3) is 11.8 Å². The summed E-state index contributed by atoms with van der Waals surface area (Å²) >= 11 is 0. The lowest BCUT2D eigenvalue weighted by molar-refractivity contribution is -0.126. The summed E-state index contributed by atoms with van der Waals surface area (Å²) < 4.78 is 32.2. The molecule has 0 aliphatic heterocycles. The molecule has 1 atom stereocenters. The molecule has 3 aromatic rings. The first kappa shape index (κ1) is 25.3. The molecule has 0 bridgehead atoms. The summed E-state index contributed by atoms with van der Waals surface area (Å²) in [6.07, 6.45) is -0.174. The Hall–Kier alpha value is -3.37. The lowest BCUT2D eigenvalue weighted by Crippen LogP contribution is -2.33. The van der Waals surface area contributed by atoms with Crippen molar-refractivity contribution in [3.63, 3.8) is 0 Å². The lowest BCUT2D eigenvalue weighted by atomic mass is 9.98. The molecule has 3 rings (SSSR count). The molecule has 0 aliphatic rings. The first-order valence-electron chi connectivity index (χ1n) is 10.8. The number of aliphatic hydroxyl groups excluding tert-OH is 1. The Balaban J connectivity index is 2.19. The quantitative estimate of drug-likeness (QED) is 0.399. The minimum Gasteiger partial charge on any atom is -0.483 e. The fourth-order valence-electron chi connectivity index (χ4n) is 3.94. The zero-order valence-electron chi connectivity index (χ0n) is 19.3. The molecular formula is C24H29N3O6S. The van der Waals surface area contributed by atoms with Gasteiger partial charge in [-0.1, -0.05) is 50.2 Å². The molecule has 182 valence electrons. The van der Waals surface area contributed by atoms with Gasteiger partial charge in [0.1, 0.15) is 5.75 Å². The maximum Gasteiger partial charge on any atom is 0.271 e. The lowest BCUT2D eigenvalue weighted by Gasteiger charge is -2.16. The molecule has 10 heteroatoms. The van der Waals surface area contributed by atoms with Crippen LogP contribution < -0.4 is 15.2 Å². The maximum absolute atomic E-state index is 12.1. The van der Waals surface area contributed by atoms with Crippen molar-refractivity contribution in [2.75, 3.05) is 12.9 Å². The van der Waals surface area contributed by atoms with Crippen LogP contribution in [0.3, 0.4) is 0 Å². The minimum absolute atomic E-state index is 0.197. The Kier molecular flexibility index (Phi) is 7.63. The summed E-state index contributed by atoms with van der Waals surface area (Å²) in [4.78, 5) is 24.1. The molecule has 1 unspecified atom stereocenters. The Morgan fingerprint density at radius 2 is 1.79 bits per heavy atom. The van der Waals surface area contributed by atoms with E-state index < -0.39 is 34.5 Å². The van der Waals surface area contributed by atoms with Crippen LogP contribution in [0.4, 0.5) is 0 Å². The average molecular weight is 488 g/mol. The van der Waals surface area contributed by atoms with E-state index in [1.165, 1.54) is 0 Å². The number of amides is 2. The third-order valence-corrected chi connectivity index (χ3v) is 5.79. The summed E-state index contributed by atoms with van der Waals surface area (Å²) in [5, 5.41) is 11.3. The molecule has 1 heterocycles. The van der Waals surface area contributed by atoms with Crippen molar-refractivity contribution in [3.8, 4) is 5.75 Å². The van der Waals surface area contributed by atoms with E-state index in [1.807, 2.05) is 59.5 Å². The standard InChI is InChI=1S/C24H29N3O6S/c1-15(2)12-18-22(23(29)24(25)30)21-17(27(18)13-16-8-5-4-6-9-16)10-7-11-19(21)33-14-20(28)26-34(3,31)32/h4-11,15,23,29H,12-14H2,1-3H3,(H2,25,30)(H,26,28). The Bertz CT molecular complexity index is 1300. The van der Waals surface area contributed by atoms with E-state index in [2.05, 4.69) is 0 Å². The fourth-order valence-corrected chi connectivity index (χ4v) is 4.41. The molecule has 2 aromatic carbocycles. The second-order valence-corrected chi connectivity index (χ2v) is 10.3. The number of carbonyl (C=O) groups excluding carboxylic acids is 2. The fraction of sp³-hybridized carbons (Fsp3) is 0.333. The van der Waals surface area contributed by atoms with Gasteiger partial charge in [-0.3, -0.25) is 14.3 Å². The van der Waals surface area contributed by atoms with Crippen molar-refractivity contribution in [2.24, 2.45) is 11.7 Å². The summed E-state index contributed by atoms with van der Waals surface area (Å²) in [7, 11) is -3.74. The summed E-state index contributed by atoms with van der Waals surface area (Å²) in [6.45, 7) is 3.96. The number of aromatic nitrogens is 1. The van der Waals surface area contributed by atoms with Crippen LogP contribution in [0.25, 0.3) is 10.9 Å². The van der Waals surface area contributed by atoms with Crippen LogP contribution in [0.5, 0.6) is 5.75 Å². The van der Waals surface area contributed by atoms with Gasteiger partial charge in [-0.15, -0.1) is 0 Å². The van der Waals surface area contributed by atoms with E-state index in [0.29, 0.717) is 29.4 Å². The highest BCUT2D eigenvalue weighted by molar-refractivity contribution is 7.89. The number of primary amides is 1. The van der Waals surface area contributed by atoms with Crippen LogP contribution in [0.1, 0.15) is 36.8 Å². The van der Waals surface area contributed by atoms with E-state index in [0.717, 1.165) is 17.5 Å². The van der Waals surface area contributed by atoms with Crippen LogP contribution in [-0.2, 0) is 32.6 Å². The summed E-state index contributed by atoms with van der Waals surface area (Å²) in [5.41, 5.74) is 8.26. The monoisotopic (exact) mass is 487 g/mol. The number of aliphatic hydroxyl groups is 1. The molecule has 0 radical (unpaired) electrons. The van der Waals surface area contributed by atoms with E-state index in [1.54, 1.807) is 12.1 Å². The number of hydrogen-bond acceptors (Lipinski definition) is 6. The number of ether oxygens (including phenoxy) is 1. The zero-order chi connectivity index (χ0) is 25.0. The number of fused-ring (bicyclic) bond motifs is 1. The van der Waals surface area contributed by atoms with Crippen molar-refractivity contribution in [2.45, 2.75) is 32.9 Å². The van der Waals surface area contributed by atoms with Crippen molar-refractivity contribution in [1.82, 2.24) is 9.29 Å². The first-order valence-corrected chi connectivity index (χ1v) is 12.7. The highest BCUT2D eigenvalue weighted by Gasteiger charge is 2.29. The Labute approximate surface area is 198 Å².